The fourth-order valence-electron chi connectivity index (χ4n) is 1.71. The summed E-state index contributed by atoms with van der Waals surface area (Å²) < 4.78 is 2.22. The molecule has 0 atom stereocenters. The van der Waals surface area contributed by atoms with Crippen LogP contribution in [0.1, 0.15) is 13.8 Å². The van der Waals surface area contributed by atoms with Crippen LogP contribution in [0.3, 0.4) is 0 Å². The van der Waals surface area contributed by atoms with E-state index in [2.05, 4.69) is 60.7 Å². The maximum absolute atomic E-state index is 4.43. The van der Waals surface area contributed by atoms with E-state index in [9.17, 15) is 0 Å². The number of likely N-dealkylation sites (N-methyl/N-ethyl adjacent to an activating group) is 1. The molecule has 0 unspecified atom stereocenters. The second-order valence-electron chi connectivity index (χ2n) is 5.07. The number of pyridine rings is 1. The van der Waals surface area contributed by atoms with E-state index in [1.165, 1.54) is 5.39 Å². The summed E-state index contributed by atoms with van der Waals surface area (Å²) in [7, 11) is 4.22. The van der Waals surface area contributed by atoms with E-state index in [-0.39, 0.29) is 5.54 Å². The first-order valence-corrected chi connectivity index (χ1v) is 5.58. The van der Waals surface area contributed by atoms with Crippen molar-refractivity contribution in [3.63, 3.8) is 0 Å². The van der Waals surface area contributed by atoms with Gasteiger partial charge in [0.2, 0.25) is 0 Å². The van der Waals surface area contributed by atoms with Crippen molar-refractivity contribution in [2.75, 3.05) is 14.1 Å². The van der Waals surface area contributed by atoms with Crippen molar-refractivity contribution in [2.45, 2.75) is 25.9 Å². The van der Waals surface area contributed by atoms with Gasteiger partial charge in [-0.2, -0.15) is 0 Å². The van der Waals surface area contributed by atoms with Gasteiger partial charge in [0.15, 0.2) is 0 Å². The molecule has 0 aliphatic rings. The van der Waals surface area contributed by atoms with Gasteiger partial charge < -0.3 is 9.47 Å². The molecule has 0 radical (unpaired) electrons. The van der Waals surface area contributed by atoms with E-state index >= 15 is 0 Å². The van der Waals surface area contributed by atoms with Gasteiger partial charge in [-0.15, -0.1) is 0 Å². The van der Waals surface area contributed by atoms with Crippen molar-refractivity contribution < 1.29 is 0 Å². The number of fused-ring (bicyclic) bond motifs is 1. The smallest absolute Gasteiger partial charge is 0.139 e. The van der Waals surface area contributed by atoms with Gasteiger partial charge in [0.1, 0.15) is 5.65 Å². The second kappa shape index (κ2) is 3.91. The number of hydrogen-bond donors (Lipinski definition) is 0. The highest BCUT2D eigenvalue weighted by Gasteiger charge is 2.21. The Kier molecular flexibility index (Phi) is 2.72. The number of nitrogens with zero attached hydrogens (tertiary/aromatic N) is 3. The molecular weight excluding hydrogens is 198 g/mol. The molecule has 0 N–H and O–H groups in total. The number of hydrogen-bond acceptors (Lipinski definition) is 2. The van der Waals surface area contributed by atoms with Crippen LogP contribution in [0.15, 0.2) is 30.6 Å². The van der Waals surface area contributed by atoms with E-state index in [1.54, 1.807) is 0 Å². The van der Waals surface area contributed by atoms with Gasteiger partial charge in [0.05, 0.1) is 0 Å². The Balaban J connectivity index is 2.35. The highest BCUT2D eigenvalue weighted by Crippen LogP contribution is 2.18. The first-order chi connectivity index (χ1) is 7.50. The van der Waals surface area contributed by atoms with Gasteiger partial charge in [-0.05, 0) is 46.1 Å². The third kappa shape index (κ3) is 1.95. The molecule has 2 rings (SSSR count). The van der Waals surface area contributed by atoms with Crippen LogP contribution in [0.5, 0.6) is 0 Å². The molecule has 0 saturated carbocycles. The summed E-state index contributed by atoms with van der Waals surface area (Å²) in [6.07, 6.45) is 3.96. The summed E-state index contributed by atoms with van der Waals surface area (Å²) >= 11 is 0. The van der Waals surface area contributed by atoms with E-state index in [1.807, 2.05) is 12.3 Å². The minimum atomic E-state index is 0.128. The molecule has 16 heavy (non-hydrogen) atoms. The summed E-state index contributed by atoms with van der Waals surface area (Å²) in [6.45, 7) is 5.42. The van der Waals surface area contributed by atoms with E-state index in [4.69, 9.17) is 0 Å². The molecular formula is C13H19N3. The van der Waals surface area contributed by atoms with E-state index < -0.39 is 0 Å². The largest absolute Gasteiger partial charge is 0.331 e. The van der Waals surface area contributed by atoms with Crippen LogP contribution in [-0.2, 0) is 6.54 Å². The summed E-state index contributed by atoms with van der Waals surface area (Å²) in [5, 5.41) is 1.21. The van der Waals surface area contributed by atoms with Crippen LogP contribution in [0.25, 0.3) is 11.0 Å². The Hall–Kier alpha value is -1.35. The molecule has 0 amide bonds. The third-order valence-corrected chi connectivity index (χ3v) is 3.29. The predicted octanol–water partition coefficient (Wildman–Crippen LogP) is 2.38. The lowest BCUT2D eigenvalue weighted by Gasteiger charge is -2.33. The van der Waals surface area contributed by atoms with Crippen molar-refractivity contribution in [3.05, 3.63) is 30.6 Å². The Bertz CT molecular complexity index is 483. The molecule has 0 spiro atoms. The molecule has 2 aromatic heterocycles. The Morgan fingerprint density at radius 1 is 1.31 bits per heavy atom. The average molecular weight is 217 g/mol. The molecule has 0 fully saturated rings. The van der Waals surface area contributed by atoms with E-state index in [0.29, 0.717) is 0 Å². The lowest BCUT2D eigenvalue weighted by Crippen LogP contribution is -2.41. The van der Waals surface area contributed by atoms with Crippen molar-refractivity contribution in [1.29, 1.82) is 0 Å². The summed E-state index contributed by atoms with van der Waals surface area (Å²) in [6, 6.07) is 6.19. The maximum atomic E-state index is 4.43. The zero-order valence-corrected chi connectivity index (χ0v) is 10.4. The molecule has 0 saturated heterocycles. The minimum absolute atomic E-state index is 0.128. The normalized spacial score (nSPS) is 12.6. The molecule has 2 heterocycles. The zero-order valence-electron chi connectivity index (χ0n) is 10.4. The van der Waals surface area contributed by atoms with Crippen LogP contribution in [-0.4, -0.2) is 34.1 Å². The SMILES string of the molecule is CN(C)C(C)(C)Cn1ccc2cccnc21. The maximum Gasteiger partial charge on any atom is 0.139 e. The van der Waals surface area contributed by atoms with Crippen molar-refractivity contribution in [3.8, 4) is 0 Å². The molecule has 0 aromatic carbocycles. The first-order valence-electron chi connectivity index (χ1n) is 5.58. The van der Waals surface area contributed by atoms with Crippen LogP contribution in [0.2, 0.25) is 0 Å². The average Bonchev–Trinajstić information content (AvgIpc) is 2.61. The minimum Gasteiger partial charge on any atom is -0.331 e. The zero-order chi connectivity index (χ0) is 11.8. The number of aromatic nitrogens is 2. The topological polar surface area (TPSA) is 21.1 Å². The van der Waals surface area contributed by atoms with Crippen molar-refractivity contribution in [1.82, 2.24) is 14.5 Å². The van der Waals surface area contributed by atoms with Gasteiger partial charge in [-0.3, -0.25) is 0 Å². The Morgan fingerprint density at radius 2 is 2.06 bits per heavy atom. The van der Waals surface area contributed by atoms with Crippen molar-refractivity contribution in [2.24, 2.45) is 0 Å². The highest BCUT2D eigenvalue weighted by atomic mass is 15.2. The molecule has 0 aliphatic heterocycles. The van der Waals surface area contributed by atoms with Gasteiger partial charge in [0, 0.05) is 29.9 Å². The summed E-state index contributed by atoms with van der Waals surface area (Å²) in [4.78, 5) is 6.67. The molecule has 0 aliphatic carbocycles. The fourth-order valence-corrected chi connectivity index (χ4v) is 1.71. The van der Waals surface area contributed by atoms with Crippen molar-refractivity contribution >= 4 is 11.0 Å². The van der Waals surface area contributed by atoms with Crippen LogP contribution in [0, 0.1) is 0 Å². The van der Waals surface area contributed by atoms with Crippen LogP contribution in [0.4, 0.5) is 0 Å². The molecule has 2 aromatic rings. The van der Waals surface area contributed by atoms with E-state index in [0.717, 1.165) is 12.2 Å². The highest BCUT2D eigenvalue weighted by molar-refractivity contribution is 5.75. The third-order valence-electron chi connectivity index (χ3n) is 3.29. The van der Waals surface area contributed by atoms with Crippen LogP contribution >= 0.6 is 0 Å². The quantitative estimate of drug-likeness (QED) is 0.787. The molecule has 3 heteroatoms. The monoisotopic (exact) mass is 217 g/mol. The lowest BCUT2D eigenvalue weighted by atomic mass is 10.0. The molecule has 3 nitrogen and oxygen atoms in total. The number of rotatable bonds is 3. The van der Waals surface area contributed by atoms with Crippen LogP contribution < -0.4 is 0 Å². The van der Waals surface area contributed by atoms with Gasteiger partial charge in [-0.25, -0.2) is 4.98 Å². The first kappa shape index (κ1) is 11.1. The second-order valence-corrected chi connectivity index (χ2v) is 5.07. The standard InChI is InChI=1S/C13H19N3/c1-13(2,15(3)4)10-16-9-7-11-6-5-8-14-12(11)16/h5-9H,10H2,1-4H3. The van der Waals surface area contributed by atoms with Gasteiger partial charge in [-0.1, -0.05) is 0 Å². The molecule has 86 valence electrons. The fraction of sp³-hybridized carbons (Fsp3) is 0.462. The molecule has 0 bridgehead atoms. The lowest BCUT2D eigenvalue weighted by molar-refractivity contribution is 0.171. The summed E-state index contributed by atoms with van der Waals surface area (Å²) in [5.41, 5.74) is 1.20. The van der Waals surface area contributed by atoms with Gasteiger partial charge in [0.25, 0.3) is 0 Å². The predicted molar refractivity (Wildman–Crippen MR) is 67.5 cm³/mol. The Morgan fingerprint density at radius 3 is 2.75 bits per heavy atom. The summed E-state index contributed by atoms with van der Waals surface area (Å²) in [5.74, 6) is 0. The van der Waals surface area contributed by atoms with Gasteiger partial charge >= 0.3 is 0 Å². The Labute approximate surface area is 96.7 Å².